The molecule has 1 aromatic carbocycles. The summed E-state index contributed by atoms with van der Waals surface area (Å²) in [5, 5.41) is 3.08. The topological polar surface area (TPSA) is 54.0 Å². The molecule has 6 heteroatoms. The Morgan fingerprint density at radius 3 is 2.85 bits per heavy atom. The largest absolute Gasteiger partial charge is 0.379 e. The highest BCUT2D eigenvalue weighted by Gasteiger charge is 2.50. The van der Waals surface area contributed by atoms with Gasteiger partial charge in [-0.1, -0.05) is 18.2 Å². The number of hydrogen-bond acceptors (Lipinski definition) is 5. The zero-order valence-corrected chi connectivity index (χ0v) is 16.4. The van der Waals surface area contributed by atoms with Crippen molar-refractivity contribution in [1.82, 2.24) is 10.2 Å². The maximum absolute atomic E-state index is 12.7. The Hall–Kier alpha value is -1.63. The molecule has 2 fully saturated rings. The van der Waals surface area contributed by atoms with Gasteiger partial charge in [0.05, 0.1) is 19.8 Å². The maximum atomic E-state index is 12.7. The van der Waals surface area contributed by atoms with E-state index in [4.69, 9.17) is 9.47 Å². The Balaban J connectivity index is 1.36. The molecule has 2 atom stereocenters. The maximum Gasteiger partial charge on any atom is 0.249 e. The molecule has 0 saturated carbocycles. The van der Waals surface area contributed by atoms with E-state index >= 15 is 0 Å². The summed E-state index contributed by atoms with van der Waals surface area (Å²) in [5.74, 6) is 0.0283. The average Bonchev–Trinajstić information content (AvgIpc) is 3.26. The van der Waals surface area contributed by atoms with Crippen LogP contribution < -0.4 is 10.2 Å². The van der Waals surface area contributed by atoms with Crippen LogP contribution in [0.4, 0.5) is 5.69 Å². The molecular formula is C21H31N3O3. The molecule has 0 unspecified atom stereocenters. The van der Waals surface area contributed by atoms with Gasteiger partial charge in [-0.05, 0) is 31.9 Å². The van der Waals surface area contributed by atoms with Crippen LogP contribution in [0.25, 0.3) is 0 Å². The molecule has 1 N–H and O–H groups in total. The molecule has 0 aromatic heterocycles. The van der Waals surface area contributed by atoms with Crippen LogP contribution in [0.15, 0.2) is 24.3 Å². The first-order chi connectivity index (χ1) is 13.1. The molecule has 0 aliphatic carbocycles. The molecule has 6 nitrogen and oxygen atoms in total. The van der Waals surface area contributed by atoms with Gasteiger partial charge in [-0.2, -0.15) is 0 Å². The quantitative estimate of drug-likeness (QED) is 0.845. The van der Waals surface area contributed by atoms with Gasteiger partial charge in [-0.15, -0.1) is 0 Å². The second kappa shape index (κ2) is 7.78. The standard InChI is InChI=1S/C21H31N3O3/c1-16(2)24-14-21(17-5-3-4-6-18(17)24)13-19(27-15-21)20(25)22-7-8-23-9-11-26-12-10-23/h3-6,16,19H,7-15H2,1-2H3,(H,22,25)/t19-,21+/m0/s1. The highest BCUT2D eigenvalue weighted by Crippen LogP contribution is 2.47. The van der Waals surface area contributed by atoms with Gasteiger partial charge in [0.1, 0.15) is 6.10 Å². The van der Waals surface area contributed by atoms with Gasteiger partial charge in [-0.3, -0.25) is 9.69 Å². The van der Waals surface area contributed by atoms with E-state index in [-0.39, 0.29) is 17.4 Å². The molecule has 3 aliphatic heterocycles. The molecule has 27 heavy (non-hydrogen) atoms. The van der Waals surface area contributed by atoms with E-state index in [1.807, 2.05) is 0 Å². The third-order valence-electron chi connectivity index (χ3n) is 6.14. The van der Waals surface area contributed by atoms with E-state index in [0.717, 1.165) is 45.8 Å². The molecular weight excluding hydrogens is 342 g/mol. The first-order valence-corrected chi connectivity index (χ1v) is 10.1. The predicted molar refractivity (Wildman–Crippen MR) is 105 cm³/mol. The molecule has 0 bridgehead atoms. The van der Waals surface area contributed by atoms with E-state index in [0.29, 0.717) is 19.2 Å². The first-order valence-electron chi connectivity index (χ1n) is 10.1. The van der Waals surface area contributed by atoms with Crippen molar-refractivity contribution in [1.29, 1.82) is 0 Å². The van der Waals surface area contributed by atoms with Crippen LogP contribution >= 0.6 is 0 Å². The van der Waals surface area contributed by atoms with Crippen molar-refractivity contribution < 1.29 is 14.3 Å². The SMILES string of the molecule is CC(C)N1C[C@]2(CO[C@H](C(=O)NCCN3CCOCC3)C2)c2ccccc21. The van der Waals surface area contributed by atoms with Crippen LogP contribution in [0.5, 0.6) is 0 Å². The van der Waals surface area contributed by atoms with Crippen LogP contribution in [-0.4, -0.2) is 75.5 Å². The van der Waals surface area contributed by atoms with Crippen molar-refractivity contribution in [2.24, 2.45) is 0 Å². The number of ether oxygens (including phenoxy) is 2. The fourth-order valence-electron chi connectivity index (χ4n) is 4.60. The number of morpholine rings is 1. The lowest BCUT2D eigenvalue weighted by atomic mass is 9.80. The van der Waals surface area contributed by atoms with Gasteiger partial charge in [0.15, 0.2) is 0 Å². The molecule has 0 radical (unpaired) electrons. The Labute approximate surface area is 161 Å². The Morgan fingerprint density at radius 2 is 2.07 bits per heavy atom. The highest BCUT2D eigenvalue weighted by molar-refractivity contribution is 5.81. The van der Waals surface area contributed by atoms with Crippen molar-refractivity contribution in [2.45, 2.75) is 37.8 Å². The summed E-state index contributed by atoms with van der Waals surface area (Å²) in [6.45, 7) is 11.0. The van der Waals surface area contributed by atoms with Gasteiger partial charge < -0.3 is 19.7 Å². The van der Waals surface area contributed by atoms with E-state index in [9.17, 15) is 4.79 Å². The monoisotopic (exact) mass is 373 g/mol. The number of fused-ring (bicyclic) bond motifs is 2. The number of rotatable bonds is 5. The summed E-state index contributed by atoms with van der Waals surface area (Å²) in [6.07, 6.45) is 0.409. The molecule has 1 spiro atoms. The van der Waals surface area contributed by atoms with Gasteiger partial charge in [0, 0.05) is 49.9 Å². The molecule has 3 heterocycles. The van der Waals surface area contributed by atoms with Gasteiger partial charge in [-0.25, -0.2) is 0 Å². The third kappa shape index (κ3) is 3.71. The summed E-state index contributed by atoms with van der Waals surface area (Å²) in [4.78, 5) is 17.4. The van der Waals surface area contributed by atoms with Crippen LogP contribution in [0.3, 0.4) is 0 Å². The van der Waals surface area contributed by atoms with E-state index in [1.54, 1.807) is 0 Å². The molecule has 1 aromatic rings. The second-order valence-corrected chi connectivity index (χ2v) is 8.27. The van der Waals surface area contributed by atoms with E-state index < -0.39 is 0 Å². The fourth-order valence-corrected chi connectivity index (χ4v) is 4.60. The summed E-state index contributed by atoms with van der Waals surface area (Å²) in [5.41, 5.74) is 2.57. The number of para-hydroxylation sites is 1. The zero-order chi connectivity index (χ0) is 18.9. The van der Waals surface area contributed by atoms with Crippen LogP contribution in [0, 0.1) is 0 Å². The van der Waals surface area contributed by atoms with Gasteiger partial charge in [0.2, 0.25) is 5.91 Å². The normalized spacial score (nSPS) is 28.1. The number of carbonyl (C=O) groups is 1. The third-order valence-corrected chi connectivity index (χ3v) is 6.14. The van der Waals surface area contributed by atoms with E-state index in [2.05, 4.69) is 53.2 Å². The average molecular weight is 373 g/mol. The smallest absolute Gasteiger partial charge is 0.249 e. The number of benzene rings is 1. The zero-order valence-electron chi connectivity index (χ0n) is 16.4. The number of carbonyl (C=O) groups excluding carboxylic acids is 1. The van der Waals surface area contributed by atoms with Crippen molar-refractivity contribution >= 4 is 11.6 Å². The highest BCUT2D eigenvalue weighted by atomic mass is 16.5. The Bertz CT molecular complexity index is 674. The van der Waals surface area contributed by atoms with Gasteiger partial charge >= 0.3 is 0 Å². The fraction of sp³-hybridized carbons (Fsp3) is 0.667. The second-order valence-electron chi connectivity index (χ2n) is 8.27. The van der Waals surface area contributed by atoms with E-state index in [1.165, 1.54) is 11.3 Å². The predicted octanol–water partition coefficient (Wildman–Crippen LogP) is 1.39. The number of amides is 1. The first kappa shape index (κ1) is 18.7. The molecule has 2 saturated heterocycles. The minimum absolute atomic E-state index is 0.0283. The van der Waals surface area contributed by atoms with Gasteiger partial charge in [0.25, 0.3) is 0 Å². The summed E-state index contributed by atoms with van der Waals surface area (Å²) in [7, 11) is 0. The summed E-state index contributed by atoms with van der Waals surface area (Å²) < 4.78 is 11.4. The molecule has 3 aliphatic rings. The van der Waals surface area contributed by atoms with Crippen molar-refractivity contribution in [2.75, 3.05) is 57.4 Å². The van der Waals surface area contributed by atoms with Crippen molar-refractivity contribution in [3.8, 4) is 0 Å². The number of hydrogen-bond donors (Lipinski definition) is 1. The van der Waals surface area contributed by atoms with Crippen LogP contribution in [0.2, 0.25) is 0 Å². The minimum Gasteiger partial charge on any atom is -0.379 e. The number of anilines is 1. The Morgan fingerprint density at radius 1 is 1.30 bits per heavy atom. The van der Waals surface area contributed by atoms with Crippen molar-refractivity contribution in [3.05, 3.63) is 29.8 Å². The van der Waals surface area contributed by atoms with Crippen molar-refractivity contribution in [3.63, 3.8) is 0 Å². The lowest BCUT2D eigenvalue weighted by Crippen LogP contribution is -2.43. The van der Waals surface area contributed by atoms with Crippen LogP contribution in [-0.2, 0) is 19.7 Å². The molecule has 1 amide bonds. The lowest BCUT2D eigenvalue weighted by Gasteiger charge is -2.27. The number of nitrogens with one attached hydrogen (secondary N) is 1. The summed E-state index contributed by atoms with van der Waals surface area (Å²) >= 11 is 0. The summed E-state index contributed by atoms with van der Waals surface area (Å²) in [6, 6.07) is 9.03. The lowest BCUT2D eigenvalue weighted by molar-refractivity contribution is -0.130. The minimum atomic E-state index is -0.352. The number of nitrogens with zero attached hydrogens (tertiary/aromatic N) is 2. The van der Waals surface area contributed by atoms with Crippen LogP contribution in [0.1, 0.15) is 25.8 Å². The molecule has 4 rings (SSSR count). The Kier molecular flexibility index (Phi) is 5.39. The molecule has 148 valence electrons.